The first-order valence-corrected chi connectivity index (χ1v) is 10.2. The van der Waals surface area contributed by atoms with E-state index in [1.165, 1.54) is 24.9 Å². The molecule has 150 valence electrons. The predicted octanol–water partition coefficient (Wildman–Crippen LogP) is 2.52. The minimum absolute atomic E-state index is 0.0492. The molecule has 0 bridgehead atoms. The first-order chi connectivity index (χ1) is 13.2. The van der Waals surface area contributed by atoms with Crippen LogP contribution in [0.2, 0.25) is 0 Å². The minimum Gasteiger partial charge on any atom is -0.381 e. The lowest BCUT2D eigenvalue weighted by Crippen LogP contribution is -2.50. The van der Waals surface area contributed by atoms with Gasteiger partial charge in [-0.1, -0.05) is 19.1 Å². The quantitative estimate of drug-likeness (QED) is 0.592. The molecule has 2 N–H and O–H groups in total. The summed E-state index contributed by atoms with van der Waals surface area (Å²) in [5, 5.41) is 7.02. The van der Waals surface area contributed by atoms with Gasteiger partial charge in [-0.05, 0) is 56.5 Å². The van der Waals surface area contributed by atoms with E-state index < -0.39 is 0 Å². The third-order valence-electron chi connectivity index (χ3n) is 6.13. The van der Waals surface area contributed by atoms with Gasteiger partial charge in [-0.25, -0.2) is 4.39 Å². The van der Waals surface area contributed by atoms with Crippen LogP contribution in [0.3, 0.4) is 0 Å². The van der Waals surface area contributed by atoms with Gasteiger partial charge >= 0.3 is 0 Å². The van der Waals surface area contributed by atoms with Crippen LogP contribution < -0.4 is 10.6 Å². The molecule has 0 saturated carbocycles. The average Bonchev–Trinajstić information content (AvgIpc) is 3.17. The van der Waals surface area contributed by atoms with Crippen molar-refractivity contribution >= 4 is 5.96 Å². The average molecular weight is 377 g/mol. The molecule has 2 aliphatic heterocycles. The Balaban J connectivity index is 1.61. The number of hydrogen-bond acceptors (Lipinski definition) is 3. The summed E-state index contributed by atoms with van der Waals surface area (Å²) in [4.78, 5) is 6.93. The summed E-state index contributed by atoms with van der Waals surface area (Å²) in [5.74, 6) is 0.648. The smallest absolute Gasteiger partial charge is 0.191 e. The first kappa shape index (κ1) is 20.1. The Hall–Kier alpha value is -1.66. The predicted molar refractivity (Wildman–Crippen MR) is 108 cm³/mol. The zero-order chi connectivity index (χ0) is 19.1. The molecule has 0 aromatic heterocycles. The van der Waals surface area contributed by atoms with Crippen molar-refractivity contribution in [1.29, 1.82) is 0 Å². The minimum atomic E-state index is -0.191. The number of hydrogen-bond donors (Lipinski definition) is 2. The molecule has 2 saturated heterocycles. The van der Waals surface area contributed by atoms with Crippen LogP contribution in [-0.2, 0) is 10.2 Å². The largest absolute Gasteiger partial charge is 0.381 e. The van der Waals surface area contributed by atoms with Gasteiger partial charge in [-0.2, -0.15) is 0 Å². The summed E-state index contributed by atoms with van der Waals surface area (Å²) in [6, 6.07) is 7.52. The van der Waals surface area contributed by atoms with Gasteiger partial charge in [-0.3, -0.25) is 9.89 Å². The molecule has 1 atom stereocenters. The van der Waals surface area contributed by atoms with E-state index in [4.69, 9.17) is 4.74 Å². The van der Waals surface area contributed by atoms with Crippen LogP contribution in [0.1, 0.15) is 38.2 Å². The number of likely N-dealkylation sites (N-methyl/N-ethyl adjacent to an activating group) is 1. The number of aliphatic imine (C=N–C) groups is 1. The van der Waals surface area contributed by atoms with Gasteiger partial charge in [0.2, 0.25) is 0 Å². The Kier molecular flexibility index (Phi) is 7.07. The normalized spacial score (nSPS) is 23.4. The number of likely N-dealkylation sites (tertiary alicyclic amines) is 1. The second-order valence-electron chi connectivity index (χ2n) is 7.63. The van der Waals surface area contributed by atoms with Gasteiger partial charge in [0.1, 0.15) is 5.82 Å². The van der Waals surface area contributed by atoms with Gasteiger partial charge < -0.3 is 15.4 Å². The highest BCUT2D eigenvalue weighted by atomic mass is 19.1. The molecule has 0 amide bonds. The molecule has 1 aromatic carbocycles. The molecule has 2 aliphatic rings. The topological polar surface area (TPSA) is 48.9 Å². The molecule has 0 aliphatic carbocycles. The maximum Gasteiger partial charge on any atom is 0.191 e. The second-order valence-corrected chi connectivity index (χ2v) is 7.63. The number of halogens is 1. The van der Waals surface area contributed by atoms with Crippen LogP contribution >= 0.6 is 0 Å². The fourth-order valence-electron chi connectivity index (χ4n) is 4.36. The van der Waals surface area contributed by atoms with Crippen molar-refractivity contribution in [3.8, 4) is 0 Å². The molecule has 6 heteroatoms. The fraction of sp³-hybridized carbons (Fsp3) is 0.667. The lowest BCUT2D eigenvalue weighted by atomic mass is 9.74. The molecular weight excluding hydrogens is 343 g/mol. The van der Waals surface area contributed by atoms with Crippen LogP contribution in [0.5, 0.6) is 0 Å². The van der Waals surface area contributed by atoms with Crippen LogP contribution in [-0.4, -0.2) is 63.3 Å². The summed E-state index contributed by atoms with van der Waals surface area (Å²) in [7, 11) is 1.82. The van der Waals surface area contributed by atoms with E-state index in [0.29, 0.717) is 6.04 Å². The van der Waals surface area contributed by atoms with E-state index in [1.54, 1.807) is 12.1 Å². The standard InChI is InChI=1S/C21H33FN4O/c1-3-26-12-4-5-19(26)15-24-20(23-2)25-16-21(10-13-27-14-11-21)17-6-8-18(22)9-7-17/h6-9,19H,3-5,10-16H2,1-2H3,(H2,23,24,25). The Labute approximate surface area is 162 Å². The summed E-state index contributed by atoms with van der Waals surface area (Å²) >= 11 is 0. The summed E-state index contributed by atoms with van der Waals surface area (Å²) < 4.78 is 19.0. The van der Waals surface area contributed by atoms with Gasteiger partial charge in [0.05, 0.1) is 0 Å². The van der Waals surface area contributed by atoms with Gasteiger partial charge in [-0.15, -0.1) is 0 Å². The van der Waals surface area contributed by atoms with Gasteiger partial charge in [0.15, 0.2) is 5.96 Å². The number of ether oxygens (including phenoxy) is 1. The zero-order valence-electron chi connectivity index (χ0n) is 16.6. The highest BCUT2D eigenvalue weighted by molar-refractivity contribution is 5.79. The lowest BCUT2D eigenvalue weighted by Gasteiger charge is -2.38. The van der Waals surface area contributed by atoms with E-state index in [1.807, 2.05) is 19.2 Å². The number of benzene rings is 1. The van der Waals surface area contributed by atoms with Crippen molar-refractivity contribution in [3.63, 3.8) is 0 Å². The molecule has 2 heterocycles. The molecule has 3 rings (SSSR count). The van der Waals surface area contributed by atoms with E-state index >= 15 is 0 Å². The van der Waals surface area contributed by atoms with Crippen LogP contribution in [0, 0.1) is 5.82 Å². The number of guanidine groups is 1. The van der Waals surface area contributed by atoms with Crippen molar-refractivity contribution in [3.05, 3.63) is 35.6 Å². The maximum absolute atomic E-state index is 13.4. The van der Waals surface area contributed by atoms with Crippen molar-refractivity contribution < 1.29 is 9.13 Å². The number of nitrogens with one attached hydrogen (secondary N) is 2. The highest BCUT2D eigenvalue weighted by Crippen LogP contribution is 2.34. The van der Waals surface area contributed by atoms with E-state index in [2.05, 4.69) is 27.4 Å². The molecule has 0 radical (unpaired) electrons. The summed E-state index contributed by atoms with van der Waals surface area (Å²) in [6.45, 7) is 7.68. The molecule has 5 nitrogen and oxygen atoms in total. The fourth-order valence-corrected chi connectivity index (χ4v) is 4.36. The Morgan fingerprint density at radius 2 is 2.00 bits per heavy atom. The van der Waals surface area contributed by atoms with Crippen LogP contribution in [0.15, 0.2) is 29.3 Å². The third kappa shape index (κ3) is 4.99. The Bertz CT molecular complexity index is 613. The second kappa shape index (κ2) is 9.51. The summed E-state index contributed by atoms with van der Waals surface area (Å²) in [5.41, 5.74) is 1.12. The van der Waals surface area contributed by atoms with Crippen LogP contribution in [0.4, 0.5) is 4.39 Å². The van der Waals surface area contributed by atoms with Gasteiger partial charge in [0, 0.05) is 44.8 Å². The van der Waals surface area contributed by atoms with E-state index in [-0.39, 0.29) is 11.2 Å². The SMILES string of the molecule is CCN1CCCC1CNC(=NC)NCC1(c2ccc(F)cc2)CCOCC1. The summed E-state index contributed by atoms with van der Waals surface area (Å²) in [6.07, 6.45) is 4.37. The van der Waals surface area contributed by atoms with E-state index in [0.717, 1.165) is 51.6 Å². The molecule has 1 aromatic rings. The van der Waals surface area contributed by atoms with Crippen LogP contribution in [0.25, 0.3) is 0 Å². The van der Waals surface area contributed by atoms with Crippen molar-refractivity contribution in [2.45, 2.75) is 44.1 Å². The molecule has 1 unspecified atom stereocenters. The monoisotopic (exact) mass is 376 g/mol. The van der Waals surface area contributed by atoms with Crippen molar-refractivity contribution in [2.24, 2.45) is 4.99 Å². The Morgan fingerprint density at radius 3 is 2.67 bits per heavy atom. The van der Waals surface area contributed by atoms with Crippen molar-refractivity contribution in [1.82, 2.24) is 15.5 Å². The highest BCUT2D eigenvalue weighted by Gasteiger charge is 2.34. The number of rotatable bonds is 6. The Morgan fingerprint density at radius 1 is 1.26 bits per heavy atom. The molecular formula is C21H33FN4O. The number of nitrogens with zero attached hydrogens (tertiary/aromatic N) is 2. The molecule has 27 heavy (non-hydrogen) atoms. The van der Waals surface area contributed by atoms with E-state index in [9.17, 15) is 4.39 Å². The maximum atomic E-state index is 13.4. The zero-order valence-corrected chi connectivity index (χ0v) is 16.6. The first-order valence-electron chi connectivity index (χ1n) is 10.2. The molecule has 2 fully saturated rings. The lowest BCUT2D eigenvalue weighted by molar-refractivity contribution is 0.0513. The van der Waals surface area contributed by atoms with Crippen molar-refractivity contribution in [2.75, 3.05) is 46.4 Å². The third-order valence-corrected chi connectivity index (χ3v) is 6.13. The molecule has 0 spiro atoms. The van der Waals surface area contributed by atoms with Gasteiger partial charge in [0.25, 0.3) is 0 Å².